The number of nitrogens with zero attached hydrogens (tertiary/aromatic N) is 2. The maximum Gasteiger partial charge on any atom is 0.118 e. The van der Waals surface area contributed by atoms with Crippen LogP contribution in [0.25, 0.3) is 0 Å². The highest BCUT2D eigenvalue weighted by molar-refractivity contribution is 7.11. The maximum atomic E-state index is 4.23. The highest BCUT2D eigenvalue weighted by atomic mass is 32.1. The van der Waals surface area contributed by atoms with E-state index in [2.05, 4.69) is 29.4 Å². The third-order valence-electron chi connectivity index (χ3n) is 2.45. The number of hydrogen-bond acceptors (Lipinski definition) is 4. The Balaban J connectivity index is 2.17. The highest BCUT2D eigenvalue weighted by Gasteiger charge is 2.03. The first kappa shape index (κ1) is 13.6. The van der Waals surface area contributed by atoms with Crippen LogP contribution in [0.1, 0.15) is 49.5 Å². The standard InChI is InChI=1S/C12H23N3S/c1-3-5-6-7-11-14-15-12(16-11)8-10-13-9-4-2/h13H,3-10H2,1-2H3. The van der Waals surface area contributed by atoms with Gasteiger partial charge in [0.1, 0.15) is 10.0 Å². The van der Waals surface area contributed by atoms with Crippen LogP contribution >= 0.6 is 11.3 Å². The van der Waals surface area contributed by atoms with Crippen molar-refractivity contribution in [3.63, 3.8) is 0 Å². The van der Waals surface area contributed by atoms with Crippen LogP contribution in [-0.2, 0) is 12.8 Å². The zero-order valence-corrected chi connectivity index (χ0v) is 11.3. The summed E-state index contributed by atoms with van der Waals surface area (Å²) in [6.07, 6.45) is 7.14. The van der Waals surface area contributed by atoms with Crippen LogP contribution in [0.4, 0.5) is 0 Å². The van der Waals surface area contributed by atoms with Gasteiger partial charge in [-0.25, -0.2) is 0 Å². The van der Waals surface area contributed by atoms with Gasteiger partial charge in [-0.05, 0) is 19.4 Å². The number of aromatic nitrogens is 2. The molecule has 16 heavy (non-hydrogen) atoms. The van der Waals surface area contributed by atoms with Gasteiger partial charge in [0.25, 0.3) is 0 Å². The molecule has 1 rings (SSSR count). The van der Waals surface area contributed by atoms with Crippen molar-refractivity contribution < 1.29 is 0 Å². The van der Waals surface area contributed by atoms with Gasteiger partial charge >= 0.3 is 0 Å². The fourth-order valence-corrected chi connectivity index (χ4v) is 2.40. The number of unbranched alkanes of at least 4 members (excludes halogenated alkanes) is 2. The van der Waals surface area contributed by atoms with E-state index in [1.165, 1.54) is 35.7 Å². The Kier molecular flexibility index (Phi) is 7.34. The van der Waals surface area contributed by atoms with Crippen LogP contribution in [0.5, 0.6) is 0 Å². The quantitative estimate of drug-likeness (QED) is 0.676. The second-order valence-corrected chi connectivity index (χ2v) is 5.19. The maximum absolute atomic E-state index is 4.23. The lowest BCUT2D eigenvalue weighted by molar-refractivity contribution is 0.667. The molecule has 1 heterocycles. The lowest BCUT2D eigenvalue weighted by Gasteiger charge is -1.98. The van der Waals surface area contributed by atoms with Crippen molar-refractivity contribution in [2.24, 2.45) is 0 Å². The minimum absolute atomic E-state index is 1.02. The molecule has 3 nitrogen and oxygen atoms in total. The minimum atomic E-state index is 1.02. The second kappa shape index (κ2) is 8.65. The van der Waals surface area contributed by atoms with Crippen LogP contribution in [0.15, 0.2) is 0 Å². The molecule has 0 spiro atoms. The van der Waals surface area contributed by atoms with Crippen molar-refractivity contribution >= 4 is 11.3 Å². The minimum Gasteiger partial charge on any atom is -0.316 e. The Morgan fingerprint density at radius 2 is 1.69 bits per heavy atom. The first-order chi connectivity index (χ1) is 7.86. The lowest BCUT2D eigenvalue weighted by Crippen LogP contribution is -2.17. The van der Waals surface area contributed by atoms with Crippen molar-refractivity contribution in [3.05, 3.63) is 10.0 Å². The summed E-state index contributed by atoms with van der Waals surface area (Å²) < 4.78 is 0. The van der Waals surface area contributed by atoms with E-state index in [9.17, 15) is 0 Å². The largest absolute Gasteiger partial charge is 0.316 e. The van der Waals surface area contributed by atoms with Gasteiger partial charge in [0.2, 0.25) is 0 Å². The molecule has 0 fully saturated rings. The highest BCUT2D eigenvalue weighted by Crippen LogP contribution is 2.13. The molecule has 0 atom stereocenters. The van der Waals surface area contributed by atoms with Crippen molar-refractivity contribution in [2.75, 3.05) is 13.1 Å². The Labute approximate surface area is 103 Å². The molecule has 1 aromatic rings. The van der Waals surface area contributed by atoms with E-state index in [4.69, 9.17) is 0 Å². The summed E-state index contributed by atoms with van der Waals surface area (Å²) in [5.74, 6) is 0. The van der Waals surface area contributed by atoms with Crippen molar-refractivity contribution in [2.45, 2.75) is 52.4 Å². The zero-order chi connectivity index (χ0) is 11.6. The van der Waals surface area contributed by atoms with Crippen LogP contribution in [0.2, 0.25) is 0 Å². The molecule has 0 saturated carbocycles. The first-order valence-electron chi connectivity index (χ1n) is 6.38. The Morgan fingerprint density at radius 1 is 0.938 bits per heavy atom. The number of hydrogen-bond donors (Lipinski definition) is 1. The summed E-state index contributed by atoms with van der Waals surface area (Å²) in [7, 11) is 0. The summed E-state index contributed by atoms with van der Waals surface area (Å²) in [5, 5.41) is 14.2. The summed E-state index contributed by atoms with van der Waals surface area (Å²) >= 11 is 1.78. The fraction of sp³-hybridized carbons (Fsp3) is 0.833. The number of rotatable bonds is 9. The van der Waals surface area contributed by atoms with Gasteiger partial charge in [0.05, 0.1) is 0 Å². The average Bonchev–Trinajstić information content (AvgIpc) is 2.73. The predicted octanol–water partition coefficient (Wildman–Crippen LogP) is 2.81. The molecule has 4 heteroatoms. The molecule has 1 aromatic heterocycles. The van der Waals surface area contributed by atoms with Gasteiger partial charge in [-0.3, -0.25) is 0 Å². The van der Waals surface area contributed by atoms with E-state index in [1.807, 2.05) is 0 Å². The molecule has 0 aliphatic rings. The van der Waals surface area contributed by atoms with Crippen molar-refractivity contribution in [1.29, 1.82) is 0 Å². The molecule has 0 bridgehead atoms. The third-order valence-corrected chi connectivity index (χ3v) is 3.49. The average molecular weight is 241 g/mol. The summed E-state index contributed by atoms with van der Waals surface area (Å²) in [6.45, 7) is 6.54. The van der Waals surface area contributed by atoms with Crippen LogP contribution in [0, 0.1) is 0 Å². The molecule has 0 saturated heterocycles. The molecule has 0 aliphatic carbocycles. The molecular weight excluding hydrogens is 218 g/mol. The summed E-state index contributed by atoms with van der Waals surface area (Å²) in [6, 6.07) is 0. The van der Waals surface area contributed by atoms with E-state index >= 15 is 0 Å². The number of nitrogens with one attached hydrogen (secondary N) is 1. The normalized spacial score (nSPS) is 10.9. The number of aryl methyl sites for hydroxylation is 1. The molecule has 0 radical (unpaired) electrons. The van der Waals surface area contributed by atoms with Gasteiger partial charge in [0.15, 0.2) is 0 Å². The first-order valence-corrected chi connectivity index (χ1v) is 7.20. The second-order valence-electron chi connectivity index (χ2n) is 4.05. The van der Waals surface area contributed by atoms with Crippen LogP contribution in [-0.4, -0.2) is 23.3 Å². The summed E-state index contributed by atoms with van der Waals surface area (Å²) in [5.41, 5.74) is 0. The molecular formula is C12H23N3S. The molecule has 92 valence electrons. The van der Waals surface area contributed by atoms with Gasteiger partial charge in [-0.1, -0.05) is 26.7 Å². The molecule has 0 amide bonds. The zero-order valence-electron chi connectivity index (χ0n) is 10.5. The topological polar surface area (TPSA) is 37.8 Å². The lowest BCUT2D eigenvalue weighted by atomic mass is 10.2. The van der Waals surface area contributed by atoms with Gasteiger partial charge in [-0.2, -0.15) is 0 Å². The van der Waals surface area contributed by atoms with Crippen LogP contribution in [0.3, 0.4) is 0 Å². The van der Waals surface area contributed by atoms with E-state index in [-0.39, 0.29) is 0 Å². The molecule has 0 aliphatic heterocycles. The third kappa shape index (κ3) is 5.56. The molecule has 0 unspecified atom stereocenters. The van der Waals surface area contributed by atoms with Crippen molar-refractivity contribution in [3.8, 4) is 0 Å². The Morgan fingerprint density at radius 3 is 2.38 bits per heavy atom. The van der Waals surface area contributed by atoms with Crippen LogP contribution < -0.4 is 5.32 Å². The van der Waals surface area contributed by atoms with E-state index < -0.39 is 0 Å². The van der Waals surface area contributed by atoms with Gasteiger partial charge < -0.3 is 5.32 Å². The SMILES string of the molecule is CCCCCc1nnc(CCNCCC)s1. The molecule has 0 aromatic carbocycles. The fourth-order valence-electron chi connectivity index (χ4n) is 1.51. The predicted molar refractivity (Wildman–Crippen MR) is 70.0 cm³/mol. The Bertz CT molecular complexity index is 273. The van der Waals surface area contributed by atoms with E-state index in [0.29, 0.717) is 0 Å². The smallest absolute Gasteiger partial charge is 0.118 e. The van der Waals surface area contributed by atoms with E-state index in [1.54, 1.807) is 11.3 Å². The summed E-state index contributed by atoms with van der Waals surface area (Å²) in [4.78, 5) is 0. The van der Waals surface area contributed by atoms with Crippen molar-refractivity contribution in [1.82, 2.24) is 15.5 Å². The van der Waals surface area contributed by atoms with Gasteiger partial charge in [0, 0.05) is 19.4 Å². The Hall–Kier alpha value is -0.480. The van der Waals surface area contributed by atoms with E-state index in [0.717, 1.165) is 25.9 Å². The van der Waals surface area contributed by atoms with Gasteiger partial charge in [-0.15, -0.1) is 21.5 Å². The molecule has 1 N–H and O–H groups in total. The monoisotopic (exact) mass is 241 g/mol.